The summed E-state index contributed by atoms with van der Waals surface area (Å²) in [6.07, 6.45) is 9.46. The number of hydrogen-bond donors (Lipinski definition) is 1. The molecule has 0 aromatic heterocycles. The average molecular weight is 194 g/mol. The second kappa shape index (κ2) is 3.41. The van der Waals surface area contributed by atoms with Crippen molar-refractivity contribution in [1.82, 2.24) is 0 Å². The number of hydrogen-bond acceptors (Lipinski definition) is 1. The first kappa shape index (κ1) is 9.75. The van der Waals surface area contributed by atoms with Crippen LogP contribution in [-0.2, 0) is 4.79 Å². The van der Waals surface area contributed by atoms with Gasteiger partial charge in [-0.05, 0) is 42.9 Å². The van der Waals surface area contributed by atoms with E-state index in [1.807, 2.05) is 0 Å². The number of carbonyl (C=O) groups is 1. The summed E-state index contributed by atoms with van der Waals surface area (Å²) < 4.78 is 0. The van der Waals surface area contributed by atoms with Crippen LogP contribution in [0.3, 0.4) is 0 Å². The zero-order valence-electron chi connectivity index (χ0n) is 8.70. The van der Waals surface area contributed by atoms with E-state index in [-0.39, 0.29) is 0 Å². The van der Waals surface area contributed by atoms with Crippen LogP contribution < -0.4 is 0 Å². The molecule has 2 heteroatoms. The highest BCUT2D eigenvalue weighted by Crippen LogP contribution is 2.56. The summed E-state index contributed by atoms with van der Waals surface area (Å²) in [4.78, 5) is 10.6. The van der Waals surface area contributed by atoms with Crippen LogP contribution in [0.15, 0.2) is 12.2 Å². The molecule has 0 saturated heterocycles. The molecule has 2 aliphatic rings. The van der Waals surface area contributed by atoms with Crippen LogP contribution in [0.5, 0.6) is 0 Å². The van der Waals surface area contributed by atoms with Gasteiger partial charge in [0, 0.05) is 6.42 Å². The minimum atomic E-state index is -0.649. The molecule has 0 aliphatic heterocycles. The minimum absolute atomic E-state index is 0.317. The minimum Gasteiger partial charge on any atom is -0.481 e. The van der Waals surface area contributed by atoms with Crippen molar-refractivity contribution in [2.75, 3.05) is 0 Å². The summed E-state index contributed by atoms with van der Waals surface area (Å²) in [6.45, 7) is 2.20. The molecule has 0 aromatic carbocycles. The Morgan fingerprint density at radius 3 is 2.79 bits per heavy atom. The monoisotopic (exact) mass is 194 g/mol. The molecule has 2 bridgehead atoms. The maximum absolute atomic E-state index is 10.6. The summed E-state index contributed by atoms with van der Waals surface area (Å²) in [5, 5.41) is 8.74. The van der Waals surface area contributed by atoms with Crippen LogP contribution in [-0.4, -0.2) is 11.1 Å². The fourth-order valence-corrected chi connectivity index (χ4v) is 3.28. The van der Waals surface area contributed by atoms with Gasteiger partial charge in [0.1, 0.15) is 0 Å². The van der Waals surface area contributed by atoms with Crippen LogP contribution in [0.1, 0.15) is 39.0 Å². The predicted octanol–water partition coefficient (Wildman–Crippen LogP) is 2.84. The Hall–Kier alpha value is -0.790. The van der Waals surface area contributed by atoms with Gasteiger partial charge in [0.05, 0.1) is 0 Å². The predicted molar refractivity (Wildman–Crippen MR) is 54.9 cm³/mol. The number of rotatable bonds is 4. The van der Waals surface area contributed by atoms with Crippen molar-refractivity contribution in [3.05, 3.63) is 12.2 Å². The number of fused-ring (bicyclic) bond motifs is 2. The van der Waals surface area contributed by atoms with E-state index in [4.69, 9.17) is 5.11 Å². The van der Waals surface area contributed by atoms with E-state index in [1.165, 1.54) is 12.8 Å². The number of aliphatic carboxylic acids is 1. The third-order valence-corrected chi connectivity index (χ3v) is 4.17. The van der Waals surface area contributed by atoms with Crippen LogP contribution in [0.25, 0.3) is 0 Å². The van der Waals surface area contributed by atoms with E-state index in [0.29, 0.717) is 17.8 Å². The third-order valence-electron chi connectivity index (χ3n) is 4.17. The topological polar surface area (TPSA) is 37.3 Å². The van der Waals surface area contributed by atoms with Gasteiger partial charge in [-0.25, -0.2) is 0 Å². The largest absolute Gasteiger partial charge is 0.481 e. The summed E-state index contributed by atoms with van der Waals surface area (Å²) in [5.74, 6) is 0.759. The number of allylic oxidation sites excluding steroid dienone is 2. The lowest BCUT2D eigenvalue weighted by Gasteiger charge is -2.34. The molecular weight excluding hydrogens is 176 g/mol. The van der Waals surface area contributed by atoms with Crippen LogP contribution in [0.4, 0.5) is 0 Å². The van der Waals surface area contributed by atoms with E-state index in [0.717, 1.165) is 18.8 Å². The zero-order valence-corrected chi connectivity index (χ0v) is 8.70. The molecule has 0 amide bonds. The van der Waals surface area contributed by atoms with Crippen LogP contribution in [0, 0.1) is 17.3 Å². The Morgan fingerprint density at radius 1 is 1.57 bits per heavy atom. The summed E-state index contributed by atoms with van der Waals surface area (Å²) in [7, 11) is 0. The first-order chi connectivity index (χ1) is 6.66. The first-order valence-corrected chi connectivity index (χ1v) is 5.56. The standard InChI is InChI=1S/C12H18O2/c1-2-12(6-5-11(13)14)8-9-3-4-10(12)7-9/h3-4,9-10H,2,5-8H2,1H3,(H,13,14). The van der Waals surface area contributed by atoms with Crippen molar-refractivity contribution in [3.63, 3.8) is 0 Å². The molecular formula is C12H18O2. The molecule has 1 N–H and O–H groups in total. The van der Waals surface area contributed by atoms with Gasteiger partial charge >= 0.3 is 5.97 Å². The Kier molecular flexibility index (Phi) is 2.38. The van der Waals surface area contributed by atoms with Crippen molar-refractivity contribution in [2.45, 2.75) is 39.0 Å². The molecule has 0 spiro atoms. The summed E-state index contributed by atoms with van der Waals surface area (Å²) in [6, 6.07) is 0. The highest BCUT2D eigenvalue weighted by molar-refractivity contribution is 5.66. The Bertz CT molecular complexity index is 269. The molecule has 0 radical (unpaired) electrons. The fraction of sp³-hybridized carbons (Fsp3) is 0.750. The van der Waals surface area contributed by atoms with Gasteiger partial charge in [0.15, 0.2) is 0 Å². The van der Waals surface area contributed by atoms with Crippen molar-refractivity contribution in [1.29, 1.82) is 0 Å². The molecule has 78 valence electrons. The third kappa shape index (κ3) is 1.47. The van der Waals surface area contributed by atoms with Gasteiger partial charge in [-0.2, -0.15) is 0 Å². The Labute approximate surface area is 85.0 Å². The highest BCUT2D eigenvalue weighted by atomic mass is 16.4. The zero-order chi connectivity index (χ0) is 10.2. The molecule has 3 unspecified atom stereocenters. The van der Waals surface area contributed by atoms with E-state index in [2.05, 4.69) is 19.1 Å². The Morgan fingerprint density at radius 2 is 2.36 bits per heavy atom. The van der Waals surface area contributed by atoms with E-state index < -0.39 is 5.97 Å². The lowest BCUT2D eigenvalue weighted by atomic mass is 9.70. The molecule has 2 nitrogen and oxygen atoms in total. The quantitative estimate of drug-likeness (QED) is 0.699. The van der Waals surface area contributed by atoms with E-state index in [1.54, 1.807) is 0 Å². The Balaban J connectivity index is 2.04. The van der Waals surface area contributed by atoms with Gasteiger partial charge < -0.3 is 5.11 Å². The first-order valence-electron chi connectivity index (χ1n) is 5.56. The lowest BCUT2D eigenvalue weighted by Crippen LogP contribution is -2.25. The molecule has 0 aromatic rings. The molecule has 14 heavy (non-hydrogen) atoms. The maximum Gasteiger partial charge on any atom is 0.303 e. The van der Waals surface area contributed by atoms with E-state index >= 15 is 0 Å². The lowest BCUT2D eigenvalue weighted by molar-refractivity contribution is -0.137. The molecule has 1 saturated carbocycles. The summed E-state index contributed by atoms with van der Waals surface area (Å²) >= 11 is 0. The van der Waals surface area contributed by atoms with Crippen LogP contribution in [0.2, 0.25) is 0 Å². The van der Waals surface area contributed by atoms with Gasteiger partial charge in [-0.15, -0.1) is 0 Å². The van der Waals surface area contributed by atoms with Gasteiger partial charge in [0.25, 0.3) is 0 Å². The average Bonchev–Trinajstić information content (AvgIpc) is 2.74. The van der Waals surface area contributed by atoms with Crippen molar-refractivity contribution < 1.29 is 9.90 Å². The second-order valence-electron chi connectivity index (χ2n) is 4.80. The summed E-state index contributed by atoms with van der Waals surface area (Å²) in [5.41, 5.74) is 0.317. The van der Waals surface area contributed by atoms with Crippen molar-refractivity contribution >= 4 is 5.97 Å². The molecule has 3 atom stereocenters. The number of carboxylic acid groups (broad SMARTS) is 1. The van der Waals surface area contributed by atoms with E-state index in [9.17, 15) is 4.79 Å². The normalized spacial score (nSPS) is 39.2. The maximum atomic E-state index is 10.6. The SMILES string of the molecule is CCC1(CCC(=O)O)CC2C=CC1C2. The number of carboxylic acids is 1. The second-order valence-corrected chi connectivity index (χ2v) is 4.80. The smallest absolute Gasteiger partial charge is 0.303 e. The van der Waals surface area contributed by atoms with Gasteiger partial charge in [-0.1, -0.05) is 19.1 Å². The molecule has 1 fully saturated rings. The van der Waals surface area contributed by atoms with Crippen LogP contribution >= 0.6 is 0 Å². The molecule has 0 heterocycles. The fourth-order valence-electron chi connectivity index (χ4n) is 3.28. The van der Waals surface area contributed by atoms with Crippen molar-refractivity contribution in [3.8, 4) is 0 Å². The highest BCUT2D eigenvalue weighted by Gasteiger charge is 2.46. The molecule has 2 rings (SSSR count). The van der Waals surface area contributed by atoms with Crippen molar-refractivity contribution in [2.24, 2.45) is 17.3 Å². The molecule has 2 aliphatic carbocycles. The van der Waals surface area contributed by atoms with Gasteiger partial charge in [-0.3, -0.25) is 4.79 Å². The van der Waals surface area contributed by atoms with Gasteiger partial charge in [0.2, 0.25) is 0 Å².